The van der Waals surface area contributed by atoms with Crippen molar-refractivity contribution in [2.45, 2.75) is 39.3 Å². The molecular weight excluding hydrogens is 456 g/mol. The van der Waals surface area contributed by atoms with Crippen LogP contribution >= 0.6 is 0 Å². The molecular formula is C26H30N8O2. The van der Waals surface area contributed by atoms with Crippen LogP contribution in [0.2, 0.25) is 0 Å². The number of ether oxygens (including phenoxy) is 1. The summed E-state index contributed by atoms with van der Waals surface area (Å²) in [5.74, 6) is 2.16. The zero-order valence-corrected chi connectivity index (χ0v) is 20.9. The van der Waals surface area contributed by atoms with Crippen LogP contribution in [0.1, 0.15) is 27.7 Å². The third-order valence-corrected chi connectivity index (χ3v) is 5.94. The number of fused-ring (bicyclic) bond motifs is 1. The minimum Gasteiger partial charge on any atom is -0.444 e. The Labute approximate surface area is 209 Å². The number of hydrogen-bond acceptors (Lipinski definition) is 8. The molecule has 10 heteroatoms. The Morgan fingerprint density at radius 1 is 1.08 bits per heavy atom. The third kappa shape index (κ3) is 4.93. The van der Waals surface area contributed by atoms with Gasteiger partial charge < -0.3 is 19.9 Å². The number of carbonyl (C=O) groups is 1. The van der Waals surface area contributed by atoms with Gasteiger partial charge in [-0.3, -0.25) is 4.98 Å². The van der Waals surface area contributed by atoms with E-state index in [1.54, 1.807) is 29.7 Å². The lowest BCUT2D eigenvalue weighted by Crippen LogP contribution is -2.54. The molecule has 4 aromatic rings. The number of amides is 1. The first-order valence-corrected chi connectivity index (χ1v) is 12.0. The van der Waals surface area contributed by atoms with Crippen LogP contribution in [0, 0.1) is 0 Å². The van der Waals surface area contributed by atoms with Crippen molar-refractivity contribution in [1.82, 2.24) is 29.6 Å². The summed E-state index contributed by atoms with van der Waals surface area (Å²) in [5.41, 5.74) is 1.34. The average Bonchev–Trinajstić information content (AvgIpc) is 3.22. The highest BCUT2D eigenvalue weighted by Gasteiger charge is 2.30. The number of anilines is 3. The van der Waals surface area contributed by atoms with E-state index >= 15 is 0 Å². The van der Waals surface area contributed by atoms with Gasteiger partial charge in [0.1, 0.15) is 17.2 Å². The van der Waals surface area contributed by atoms with Crippen LogP contribution in [0.15, 0.2) is 61.2 Å². The molecule has 1 saturated heterocycles. The maximum atomic E-state index is 12.5. The molecule has 3 aromatic heterocycles. The van der Waals surface area contributed by atoms with E-state index in [0.717, 1.165) is 22.4 Å². The fourth-order valence-corrected chi connectivity index (χ4v) is 4.33. The molecule has 1 atom stereocenters. The van der Waals surface area contributed by atoms with Gasteiger partial charge in [0.15, 0.2) is 5.82 Å². The summed E-state index contributed by atoms with van der Waals surface area (Å²) in [7, 11) is 0. The van der Waals surface area contributed by atoms with Gasteiger partial charge in [0.25, 0.3) is 0 Å². The SMILES string of the molecule is C[C@H]1CN(C(=O)OC(C)(C)C)CCN1c1cc(-n2nc(Nc3cnccn3)c3ccccc32)ccn1. The number of rotatable bonds is 4. The summed E-state index contributed by atoms with van der Waals surface area (Å²) >= 11 is 0. The predicted molar refractivity (Wildman–Crippen MR) is 139 cm³/mol. The highest BCUT2D eigenvalue weighted by molar-refractivity contribution is 5.92. The van der Waals surface area contributed by atoms with Gasteiger partial charge in [0.2, 0.25) is 0 Å². The second kappa shape index (κ2) is 9.44. The lowest BCUT2D eigenvalue weighted by molar-refractivity contribution is 0.0218. The number of pyridine rings is 1. The lowest BCUT2D eigenvalue weighted by atomic mass is 10.2. The van der Waals surface area contributed by atoms with E-state index in [9.17, 15) is 4.79 Å². The molecule has 0 unspecified atom stereocenters. The fraction of sp³-hybridized carbons (Fsp3) is 0.346. The van der Waals surface area contributed by atoms with Crippen molar-refractivity contribution in [2.75, 3.05) is 29.9 Å². The first-order chi connectivity index (χ1) is 17.3. The number of aromatic nitrogens is 5. The van der Waals surface area contributed by atoms with Crippen molar-refractivity contribution in [3.63, 3.8) is 0 Å². The van der Waals surface area contributed by atoms with Crippen LogP contribution in [0.25, 0.3) is 16.6 Å². The molecule has 0 spiro atoms. The average molecular weight is 487 g/mol. The minimum absolute atomic E-state index is 0.0808. The highest BCUT2D eigenvalue weighted by atomic mass is 16.6. The van der Waals surface area contributed by atoms with E-state index in [0.29, 0.717) is 31.3 Å². The Bertz CT molecular complexity index is 1370. The highest BCUT2D eigenvalue weighted by Crippen LogP contribution is 2.29. The standard InChI is InChI=1S/C26H30N8O2/c1-18-17-32(25(35)36-26(2,3)4)13-14-33(18)23-15-19(9-10-29-23)34-21-8-6-5-7-20(21)24(31-34)30-22-16-27-11-12-28-22/h5-12,15-16,18H,13-14,17H2,1-4H3,(H,28,30,31)/t18-/m0/s1. The first kappa shape index (κ1) is 23.5. The fourth-order valence-electron chi connectivity index (χ4n) is 4.33. The van der Waals surface area contributed by atoms with E-state index in [1.807, 2.05) is 61.9 Å². The number of hydrogen-bond donors (Lipinski definition) is 1. The molecule has 0 bridgehead atoms. The molecule has 0 saturated carbocycles. The summed E-state index contributed by atoms with van der Waals surface area (Å²) < 4.78 is 7.46. The van der Waals surface area contributed by atoms with Crippen LogP contribution < -0.4 is 10.2 Å². The zero-order chi connectivity index (χ0) is 25.3. The van der Waals surface area contributed by atoms with Gasteiger partial charge in [-0.2, -0.15) is 0 Å². The van der Waals surface area contributed by atoms with Gasteiger partial charge in [-0.05, 0) is 45.9 Å². The smallest absolute Gasteiger partial charge is 0.410 e. The number of piperazine rings is 1. The molecule has 0 aliphatic carbocycles. The Balaban J connectivity index is 1.40. The van der Waals surface area contributed by atoms with Crippen LogP contribution in [0.5, 0.6) is 0 Å². The molecule has 36 heavy (non-hydrogen) atoms. The van der Waals surface area contributed by atoms with Gasteiger partial charge in [0, 0.05) is 55.7 Å². The number of carbonyl (C=O) groups excluding carboxylic acids is 1. The van der Waals surface area contributed by atoms with Gasteiger partial charge in [-0.15, -0.1) is 5.10 Å². The molecule has 4 heterocycles. The molecule has 1 N–H and O–H groups in total. The third-order valence-electron chi connectivity index (χ3n) is 5.94. The quantitative estimate of drug-likeness (QED) is 0.453. The van der Waals surface area contributed by atoms with Crippen LogP contribution in [0.3, 0.4) is 0 Å². The maximum absolute atomic E-state index is 12.5. The van der Waals surface area contributed by atoms with Gasteiger partial charge in [-0.1, -0.05) is 12.1 Å². The summed E-state index contributed by atoms with van der Waals surface area (Å²) in [6.45, 7) is 9.54. The summed E-state index contributed by atoms with van der Waals surface area (Å²) in [5, 5.41) is 9.10. The summed E-state index contributed by atoms with van der Waals surface area (Å²) in [6.07, 6.45) is 6.46. The maximum Gasteiger partial charge on any atom is 0.410 e. The van der Waals surface area contributed by atoms with Gasteiger partial charge >= 0.3 is 6.09 Å². The largest absolute Gasteiger partial charge is 0.444 e. The second-order valence-corrected chi connectivity index (χ2v) is 9.83. The summed E-state index contributed by atoms with van der Waals surface area (Å²) in [6, 6.07) is 12.1. The molecule has 10 nitrogen and oxygen atoms in total. The number of nitrogens with one attached hydrogen (secondary N) is 1. The van der Waals surface area contributed by atoms with E-state index in [1.165, 1.54) is 0 Å². The zero-order valence-electron chi connectivity index (χ0n) is 20.9. The second-order valence-electron chi connectivity index (χ2n) is 9.83. The van der Waals surface area contributed by atoms with E-state index in [2.05, 4.69) is 32.1 Å². The van der Waals surface area contributed by atoms with E-state index in [4.69, 9.17) is 9.84 Å². The number of nitrogens with zero attached hydrogens (tertiary/aromatic N) is 7. The van der Waals surface area contributed by atoms with Crippen molar-refractivity contribution in [3.8, 4) is 5.69 Å². The van der Waals surface area contributed by atoms with Crippen molar-refractivity contribution >= 4 is 34.4 Å². The number of para-hydroxylation sites is 1. The molecule has 1 aliphatic heterocycles. The molecule has 1 amide bonds. The van der Waals surface area contributed by atoms with Crippen molar-refractivity contribution in [3.05, 3.63) is 61.2 Å². The van der Waals surface area contributed by atoms with Gasteiger partial charge in [0.05, 0.1) is 17.4 Å². The van der Waals surface area contributed by atoms with E-state index < -0.39 is 5.60 Å². The summed E-state index contributed by atoms with van der Waals surface area (Å²) in [4.78, 5) is 29.6. The Hall–Kier alpha value is -4.21. The Morgan fingerprint density at radius 2 is 1.92 bits per heavy atom. The molecule has 1 aromatic carbocycles. The normalized spacial score (nSPS) is 16.3. The molecule has 0 radical (unpaired) electrons. The first-order valence-electron chi connectivity index (χ1n) is 12.0. The topological polar surface area (TPSA) is 101 Å². The minimum atomic E-state index is -0.513. The van der Waals surface area contributed by atoms with Crippen LogP contribution in [-0.2, 0) is 4.74 Å². The molecule has 1 aliphatic rings. The number of benzene rings is 1. The Morgan fingerprint density at radius 3 is 2.67 bits per heavy atom. The monoisotopic (exact) mass is 486 g/mol. The molecule has 1 fully saturated rings. The van der Waals surface area contributed by atoms with Crippen molar-refractivity contribution in [1.29, 1.82) is 0 Å². The van der Waals surface area contributed by atoms with Crippen molar-refractivity contribution < 1.29 is 9.53 Å². The van der Waals surface area contributed by atoms with Crippen molar-refractivity contribution in [2.24, 2.45) is 0 Å². The van der Waals surface area contributed by atoms with Crippen LogP contribution in [-0.4, -0.2) is 67.0 Å². The van der Waals surface area contributed by atoms with Gasteiger partial charge in [-0.25, -0.2) is 19.4 Å². The van der Waals surface area contributed by atoms with Crippen LogP contribution in [0.4, 0.5) is 22.2 Å². The Kier molecular flexibility index (Phi) is 6.17. The van der Waals surface area contributed by atoms with E-state index in [-0.39, 0.29) is 12.1 Å². The molecule has 5 rings (SSSR count). The molecule has 186 valence electrons. The lowest BCUT2D eigenvalue weighted by Gasteiger charge is -2.40. The predicted octanol–water partition coefficient (Wildman–Crippen LogP) is 4.40.